The number of carboxylic acid groups (broad SMARTS) is 1. The number of carboxylic acids is 1. The second-order valence-electron chi connectivity index (χ2n) is 1.21. The van der Waals surface area contributed by atoms with E-state index in [0.29, 0.717) is 6.42 Å². The number of rotatable bonds is 2. The van der Waals surface area contributed by atoms with Crippen molar-refractivity contribution in [3.63, 3.8) is 0 Å². The molecule has 50 valence electrons. The summed E-state index contributed by atoms with van der Waals surface area (Å²) in [7, 11) is 0. The quantitative estimate of drug-likeness (QED) is 0.566. The topological polar surface area (TPSA) is 72.3 Å². The Morgan fingerprint density at radius 2 is 2.25 bits per heavy atom. The van der Waals surface area contributed by atoms with Gasteiger partial charge in [0.2, 0.25) is 0 Å². The molecule has 0 radical (unpaired) electrons. The molecule has 0 aromatic carbocycles. The highest BCUT2D eigenvalue weighted by molar-refractivity contribution is 6.29. The fraction of sp³-hybridized carbons (Fsp3) is 0.750. The molecule has 0 aromatic rings. The van der Waals surface area contributed by atoms with Crippen molar-refractivity contribution in [2.24, 2.45) is 0 Å². The summed E-state index contributed by atoms with van der Waals surface area (Å²) in [5, 5.41) is 7.34. The van der Waals surface area contributed by atoms with Gasteiger partial charge in [-0.15, -0.1) is 11.6 Å². The molecule has 0 aromatic heterocycles. The number of aliphatic carboxylic acids is 1. The Morgan fingerprint density at radius 3 is 2.25 bits per heavy atom. The largest absolute Gasteiger partial charge is 0.480 e. The van der Waals surface area contributed by atoms with Crippen LogP contribution < -0.4 is 6.15 Å². The molecule has 3 nitrogen and oxygen atoms in total. The standard InChI is InChI=1S/C4H7ClO2.H3N/c1-2-3(5)4(6)7;/h3H,2H2,1H3,(H,6,7);1H3. The predicted octanol–water partition coefficient (Wildman–Crippen LogP) is 1.25. The third-order valence-corrected chi connectivity index (χ3v) is 1.12. The minimum atomic E-state index is -0.941. The Kier molecular flexibility index (Phi) is 6.48. The van der Waals surface area contributed by atoms with Gasteiger partial charge in [-0.1, -0.05) is 6.92 Å². The third kappa shape index (κ3) is 3.89. The van der Waals surface area contributed by atoms with Gasteiger partial charge in [0.25, 0.3) is 0 Å². The normalized spacial score (nSPS) is 11.8. The predicted molar refractivity (Wildman–Crippen MR) is 32.6 cm³/mol. The molecular weight excluding hydrogens is 130 g/mol. The highest BCUT2D eigenvalue weighted by Gasteiger charge is 2.08. The molecule has 0 bridgehead atoms. The van der Waals surface area contributed by atoms with E-state index in [2.05, 4.69) is 0 Å². The minimum Gasteiger partial charge on any atom is -0.480 e. The molecule has 0 heterocycles. The van der Waals surface area contributed by atoms with Crippen molar-refractivity contribution in [3.8, 4) is 0 Å². The lowest BCUT2D eigenvalue weighted by Crippen LogP contribution is -2.10. The van der Waals surface area contributed by atoms with Crippen molar-refractivity contribution in [1.29, 1.82) is 0 Å². The summed E-state index contributed by atoms with van der Waals surface area (Å²) in [6, 6.07) is 0. The van der Waals surface area contributed by atoms with Gasteiger partial charge < -0.3 is 11.3 Å². The summed E-state index contributed by atoms with van der Waals surface area (Å²) in [4.78, 5) is 9.80. The summed E-state index contributed by atoms with van der Waals surface area (Å²) in [5.41, 5.74) is 0. The Hall–Kier alpha value is -0.280. The average Bonchev–Trinajstić information content (AvgIpc) is 1.65. The van der Waals surface area contributed by atoms with E-state index in [1.165, 1.54) is 0 Å². The molecule has 0 spiro atoms. The number of alkyl halides is 1. The van der Waals surface area contributed by atoms with Crippen LogP contribution in [0.25, 0.3) is 0 Å². The van der Waals surface area contributed by atoms with Crippen LogP contribution in [0.2, 0.25) is 0 Å². The van der Waals surface area contributed by atoms with E-state index in [-0.39, 0.29) is 6.15 Å². The van der Waals surface area contributed by atoms with E-state index >= 15 is 0 Å². The zero-order valence-corrected chi connectivity index (χ0v) is 5.48. The maximum atomic E-state index is 9.80. The van der Waals surface area contributed by atoms with Crippen molar-refractivity contribution < 1.29 is 9.90 Å². The maximum absolute atomic E-state index is 9.80. The first kappa shape index (κ1) is 10.7. The van der Waals surface area contributed by atoms with E-state index in [9.17, 15) is 4.79 Å². The van der Waals surface area contributed by atoms with Crippen LogP contribution in [0.15, 0.2) is 0 Å². The molecule has 0 saturated carbocycles. The van der Waals surface area contributed by atoms with Crippen molar-refractivity contribution in [2.75, 3.05) is 0 Å². The molecule has 0 fully saturated rings. The van der Waals surface area contributed by atoms with Gasteiger partial charge >= 0.3 is 5.97 Å². The van der Waals surface area contributed by atoms with Crippen molar-refractivity contribution in [3.05, 3.63) is 0 Å². The Bertz CT molecular complexity index is 76.4. The highest BCUT2D eigenvalue weighted by atomic mass is 35.5. The van der Waals surface area contributed by atoms with Crippen LogP contribution in [-0.2, 0) is 4.79 Å². The first-order chi connectivity index (χ1) is 3.18. The van der Waals surface area contributed by atoms with Crippen molar-refractivity contribution in [1.82, 2.24) is 6.15 Å². The Balaban J connectivity index is 0. The number of hydrogen-bond acceptors (Lipinski definition) is 2. The van der Waals surface area contributed by atoms with Gasteiger partial charge in [0.05, 0.1) is 0 Å². The van der Waals surface area contributed by atoms with Crippen LogP contribution in [0.4, 0.5) is 0 Å². The van der Waals surface area contributed by atoms with Crippen LogP contribution in [0.3, 0.4) is 0 Å². The fourth-order valence-electron chi connectivity index (χ4n) is 0.175. The Labute approximate surface area is 53.2 Å². The van der Waals surface area contributed by atoms with Gasteiger partial charge in [0.1, 0.15) is 5.38 Å². The van der Waals surface area contributed by atoms with Gasteiger partial charge in [-0.25, -0.2) is 0 Å². The number of halogens is 1. The van der Waals surface area contributed by atoms with Crippen LogP contribution in [0.5, 0.6) is 0 Å². The van der Waals surface area contributed by atoms with Gasteiger partial charge in [-0.3, -0.25) is 4.79 Å². The first-order valence-electron chi connectivity index (χ1n) is 2.05. The van der Waals surface area contributed by atoms with E-state index in [0.717, 1.165) is 0 Å². The van der Waals surface area contributed by atoms with E-state index < -0.39 is 11.3 Å². The molecule has 0 rings (SSSR count). The smallest absolute Gasteiger partial charge is 0.321 e. The average molecular weight is 140 g/mol. The van der Waals surface area contributed by atoms with Gasteiger partial charge in [0, 0.05) is 0 Å². The van der Waals surface area contributed by atoms with Crippen molar-refractivity contribution >= 4 is 17.6 Å². The molecule has 1 unspecified atom stereocenters. The molecule has 1 atom stereocenters. The monoisotopic (exact) mass is 139 g/mol. The van der Waals surface area contributed by atoms with Crippen molar-refractivity contribution in [2.45, 2.75) is 18.7 Å². The van der Waals surface area contributed by atoms with E-state index in [4.69, 9.17) is 16.7 Å². The SMILES string of the molecule is CCC(Cl)C(=O)O.N. The zero-order chi connectivity index (χ0) is 5.86. The lowest BCUT2D eigenvalue weighted by Gasteiger charge is -1.93. The van der Waals surface area contributed by atoms with Crippen LogP contribution in [-0.4, -0.2) is 16.5 Å². The summed E-state index contributed by atoms with van der Waals surface area (Å²) >= 11 is 5.20. The van der Waals surface area contributed by atoms with Crippen LogP contribution in [0, 0.1) is 0 Å². The molecule has 0 aliphatic rings. The summed E-state index contributed by atoms with van der Waals surface area (Å²) < 4.78 is 0. The molecule has 4 heteroatoms. The molecule has 0 aliphatic carbocycles. The first-order valence-corrected chi connectivity index (χ1v) is 2.49. The van der Waals surface area contributed by atoms with E-state index in [1.54, 1.807) is 6.92 Å². The molecule has 8 heavy (non-hydrogen) atoms. The maximum Gasteiger partial charge on any atom is 0.321 e. The zero-order valence-electron chi connectivity index (χ0n) is 4.72. The van der Waals surface area contributed by atoms with E-state index in [1.807, 2.05) is 0 Å². The van der Waals surface area contributed by atoms with Crippen LogP contribution in [0.1, 0.15) is 13.3 Å². The lowest BCUT2D eigenvalue weighted by molar-refractivity contribution is -0.136. The van der Waals surface area contributed by atoms with Gasteiger partial charge in [-0.2, -0.15) is 0 Å². The molecular formula is C4H10ClNO2. The fourth-order valence-corrected chi connectivity index (χ4v) is 0.175. The lowest BCUT2D eigenvalue weighted by atomic mass is 10.3. The van der Waals surface area contributed by atoms with Crippen LogP contribution >= 0.6 is 11.6 Å². The van der Waals surface area contributed by atoms with Gasteiger partial charge in [0.15, 0.2) is 0 Å². The molecule has 0 saturated heterocycles. The summed E-state index contributed by atoms with van der Waals surface area (Å²) in [6.45, 7) is 1.73. The summed E-state index contributed by atoms with van der Waals surface area (Å²) in [6.07, 6.45) is 0.483. The molecule has 0 amide bonds. The minimum absolute atomic E-state index is 0. The highest BCUT2D eigenvalue weighted by Crippen LogP contribution is 1.98. The molecule has 4 N–H and O–H groups in total. The number of carbonyl (C=O) groups is 1. The number of hydrogen-bond donors (Lipinski definition) is 2. The second-order valence-corrected chi connectivity index (χ2v) is 1.74. The summed E-state index contributed by atoms with van der Waals surface area (Å²) in [5.74, 6) is -0.941. The Morgan fingerprint density at radius 1 is 1.88 bits per heavy atom. The molecule has 0 aliphatic heterocycles. The second kappa shape index (κ2) is 4.87. The third-order valence-electron chi connectivity index (χ3n) is 0.626. The van der Waals surface area contributed by atoms with Gasteiger partial charge in [-0.05, 0) is 6.42 Å².